The first-order valence-corrected chi connectivity index (χ1v) is 6.35. The van der Waals surface area contributed by atoms with Crippen LogP contribution in [-0.2, 0) is 0 Å². The molecular weight excluding hydrogens is 236 g/mol. The molecule has 2 aromatic carbocycles. The molecular formula is C16H16N2O. The van der Waals surface area contributed by atoms with Crippen LogP contribution >= 0.6 is 0 Å². The highest BCUT2D eigenvalue weighted by Crippen LogP contribution is 2.23. The summed E-state index contributed by atoms with van der Waals surface area (Å²) in [5.74, 6) is 0.296. The second-order valence-corrected chi connectivity index (χ2v) is 4.74. The van der Waals surface area contributed by atoms with Crippen molar-refractivity contribution in [2.45, 2.75) is 13.0 Å². The number of phenols is 1. The molecule has 3 aromatic rings. The second kappa shape index (κ2) is 4.69. The molecule has 96 valence electrons. The zero-order valence-corrected chi connectivity index (χ0v) is 10.7. The van der Waals surface area contributed by atoms with Crippen molar-refractivity contribution < 1.29 is 5.11 Å². The molecule has 0 fully saturated rings. The van der Waals surface area contributed by atoms with Gasteiger partial charge in [-0.15, -0.1) is 0 Å². The van der Waals surface area contributed by atoms with Gasteiger partial charge in [0, 0.05) is 28.8 Å². The smallest absolute Gasteiger partial charge is 0.115 e. The predicted molar refractivity (Wildman–Crippen MR) is 78.4 cm³/mol. The number of rotatable bonds is 3. The zero-order chi connectivity index (χ0) is 13.2. The average molecular weight is 252 g/mol. The maximum atomic E-state index is 9.30. The Balaban J connectivity index is 1.81. The van der Waals surface area contributed by atoms with Crippen molar-refractivity contribution in [3.63, 3.8) is 0 Å². The van der Waals surface area contributed by atoms with Gasteiger partial charge in [0.05, 0.1) is 0 Å². The van der Waals surface area contributed by atoms with Gasteiger partial charge in [-0.1, -0.05) is 12.1 Å². The maximum absolute atomic E-state index is 9.30. The van der Waals surface area contributed by atoms with Crippen LogP contribution in [0.5, 0.6) is 5.75 Å². The predicted octanol–water partition coefficient (Wildman–Crippen LogP) is 4.05. The summed E-state index contributed by atoms with van der Waals surface area (Å²) in [4.78, 5) is 3.18. The summed E-state index contributed by atoms with van der Waals surface area (Å²) >= 11 is 0. The summed E-state index contributed by atoms with van der Waals surface area (Å²) in [6.45, 7) is 2.10. The van der Waals surface area contributed by atoms with E-state index in [4.69, 9.17) is 0 Å². The van der Waals surface area contributed by atoms with Crippen LogP contribution in [0.2, 0.25) is 0 Å². The topological polar surface area (TPSA) is 48.0 Å². The fourth-order valence-electron chi connectivity index (χ4n) is 2.24. The fourth-order valence-corrected chi connectivity index (χ4v) is 2.24. The van der Waals surface area contributed by atoms with Gasteiger partial charge in [-0.25, -0.2) is 0 Å². The Morgan fingerprint density at radius 1 is 1.05 bits per heavy atom. The van der Waals surface area contributed by atoms with Gasteiger partial charge in [0.25, 0.3) is 0 Å². The van der Waals surface area contributed by atoms with Crippen LogP contribution in [0.4, 0.5) is 5.69 Å². The lowest BCUT2D eigenvalue weighted by Crippen LogP contribution is -2.06. The molecule has 1 heterocycles. The van der Waals surface area contributed by atoms with E-state index in [9.17, 15) is 5.11 Å². The van der Waals surface area contributed by atoms with E-state index in [2.05, 4.69) is 41.5 Å². The normalized spacial score (nSPS) is 12.5. The number of phenolic OH excluding ortho intramolecular Hbond substituents is 1. The molecule has 0 aliphatic carbocycles. The Morgan fingerprint density at radius 2 is 1.84 bits per heavy atom. The average Bonchev–Trinajstić information content (AvgIpc) is 2.87. The van der Waals surface area contributed by atoms with Crippen molar-refractivity contribution in [1.29, 1.82) is 0 Å². The monoisotopic (exact) mass is 252 g/mol. The lowest BCUT2D eigenvalue weighted by atomic mass is 10.1. The van der Waals surface area contributed by atoms with E-state index in [1.165, 1.54) is 5.39 Å². The van der Waals surface area contributed by atoms with Gasteiger partial charge in [0.15, 0.2) is 0 Å². The third-order valence-electron chi connectivity index (χ3n) is 3.33. The fraction of sp³-hybridized carbons (Fsp3) is 0.125. The Morgan fingerprint density at radius 3 is 2.63 bits per heavy atom. The van der Waals surface area contributed by atoms with Crippen LogP contribution in [0.3, 0.4) is 0 Å². The van der Waals surface area contributed by atoms with Gasteiger partial charge < -0.3 is 15.4 Å². The van der Waals surface area contributed by atoms with E-state index in [-0.39, 0.29) is 6.04 Å². The molecule has 0 radical (unpaired) electrons. The lowest BCUT2D eigenvalue weighted by molar-refractivity contribution is 0.475. The maximum Gasteiger partial charge on any atom is 0.115 e. The number of aromatic nitrogens is 1. The van der Waals surface area contributed by atoms with Crippen molar-refractivity contribution in [3.8, 4) is 5.75 Å². The Bertz CT molecular complexity index is 685. The molecule has 0 aliphatic rings. The third kappa shape index (κ3) is 2.40. The van der Waals surface area contributed by atoms with Crippen LogP contribution in [-0.4, -0.2) is 10.1 Å². The van der Waals surface area contributed by atoms with Crippen molar-refractivity contribution >= 4 is 16.6 Å². The number of aromatic amines is 1. The number of hydrogen-bond donors (Lipinski definition) is 3. The summed E-state index contributed by atoms with van der Waals surface area (Å²) in [6, 6.07) is 15.8. The largest absolute Gasteiger partial charge is 0.508 e. The second-order valence-electron chi connectivity index (χ2n) is 4.74. The third-order valence-corrected chi connectivity index (χ3v) is 3.33. The van der Waals surface area contributed by atoms with Gasteiger partial charge in [0.2, 0.25) is 0 Å². The first kappa shape index (κ1) is 11.7. The number of anilines is 1. The number of nitrogens with one attached hydrogen (secondary N) is 2. The molecule has 3 heteroatoms. The molecule has 0 aliphatic heterocycles. The van der Waals surface area contributed by atoms with Gasteiger partial charge >= 0.3 is 0 Å². The van der Waals surface area contributed by atoms with Crippen molar-refractivity contribution in [2.75, 3.05) is 5.32 Å². The number of benzene rings is 2. The molecule has 0 bridgehead atoms. The van der Waals surface area contributed by atoms with Crippen LogP contribution in [0.25, 0.3) is 10.9 Å². The standard InChI is InChI=1S/C16H16N2O/c1-11(12-2-5-15(19)6-3-12)18-14-4-7-16-13(10-14)8-9-17-16/h2-11,17-19H,1H3. The summed E-state index contributed by atoms with van der Waals surface area (Å²) in [5.41, 5.74) is 3.38. The van der Waals surface area contributed by atoms with Gasteiger partial charge in [-0.05, 0) is 48.9 Å². The van der Waals surface area contributed by atoms with E-state index in [0.29, 0.717) is 5.75 Å². The Kier molecular flexibility index (Phi) is 2.88. The number of fused-ring (bicyclic) bond motifs is 1. The number of hydrogen-bond acceptors (Lipinski definition) is 2. The minimum atomic E-state index is 0.192. The van der Waals surface area contributed by atoms with Crippen molar-refractivity contribution in [3.05, 3.63) is 60.3 Å². The van der Waals surface area contributed by atoms with Gasteiger partial charge in [0.1, 0.15) is 5.75 Å². The molecule has 3 nitrogen and oxygen atoms in total. The highest BCUT2D eigenvalue weighted by molar-refractivity contribution is 5.83. The van der Waals surface area contributed by atoms with Gasteiger partial charge in [-0.3, -0.25) is 0 Å². The quantitative estimate of drug-likeness (QED) is 0.658. The Hall–Kier alpha value is -2.42. The van der Waals surface area contributed by atoms with Crippen LogP contribution in [0.15, 0.2) is 54.7 Å². The first-order chi connectivity index (χ1) is 9.22. The molecule has 0 saturated carbocycles. The highest BCUT2D eigenvalue weighted by atomic mass is 16.3. The molecule has 1 aromatic heterocycles. The molecule has 3 N–H and O–H groups in total. The van der Waals surface area contributed by atoms with E-state index < -0.39 is 0 Å². The van der Waals surface area contributed by atoms with Crippen LogP contribution in [0.1, 0.15) is 18.5 Å². The van der Waals surface area contributed by atoms with Crippen LogP contribution < -0.4 is 5.32 Å². The molecule has 1 unspecified atom stereocenters. The highest BCUT2D eigenvalue weighted by Gasteiger charge is 2.05. The summed E-state index contributed by atoms with van der Waals surface area (Å²) in [5, 5.41) is 14.0. The minimum absolute atomic E-state index is 0.192. The minimum Gasteiger partial charge on any atom is -0.508 e. The van der Waals surface area contributed by atoms with E-state index >= 15 is 0 Å². The zero-order valence-electron chi connectivity index (χ0n) is 10.7. The SMILES string of the molecule is CC(Nc1ccc2[nH]ccc2c1)c1ccc(O)cc1. The molecule has 0 amide bonds. The Labute approximate surface area is 111 Å². The molecule has 3 rings (SSSR count). The van der Waals surface area contributed by atoms with E-state index in [1.54, 1.807) is 12.1 Å². The van der Waals surface area contributed by atoms with Crippen molar-refractivity contribution in [1.82, 2.24) is 4.98 Å². The molecule has 19 heavy (non-hydrogen) atoms. The van der Waals surface area contributed by atoms with Gasteiger partial charge in [-0.2, -0.15) is 0 Å². The lowest BCUT2D eigenvalue weighted by Gasteiger charge is -2.16. The van der Waals surface area contributed by atoms with E-state index in [0.717, 1.165) is 16.8 Å². The first-order valence-electron chi connectivity index (χ1n) is 6.35. The molecule has 0 saturated heterocycles. The summed E-state index contributed by atoms with van der Waals surface area (Å²) in [7, 11) is 0. The summed E-state index contributed by atoms with van der Waals surface area (Å²) < 4.78 is 0. The van der Waals surface area contributed by atoms with Crippen molar-refractivity contribution in [2.24, 2.45) is 0 Å². The van der Waals surface area contributed by atoms with Crippen LogP contribution in [0, 0.1) is 0 Å². The molecule has 1 atom stereocenters. The summed E-state index contributed by atoms with van der Waals surface area (Å²) in [6.07, 6.45) is 1.94. The number of aromatic hydroxyl groups is 1. The molecule has 0 spiro atoms. The van der Waals surface area contributed by atoms with E-state index in [1.807, 2.05) is 18.3 Å². The number of H-pyrrole nitrogens is 1.